The van der Waals surface area contributed by atoms with E-state index in [-0.39, 0.29) is 5.91 Å². The highest BCUT2D eigenvalue weighted by atomic mass is 16.5. The number of fused-ring (bicyclic) bond motifs is 3. The Kier molecular flexibility index (Phi) is 8.69. The molecule has 2 heterocycles. The summed E-state index contributed by atoms with van der Waals surface area (Å²) >= 11 is 0. The van der Waals surface area contributed by atoms with Crippen LogP contribution in [-0.2, 0) is 4.79 Å². The first kappa shape index (κ1) is 27.3. The van der Waals surface area contributed by atoms with Crippen LogP contribution in [0.3, 0.4) is 0 Å². The van der Waals surface area contributed by atoms with Crippen molar-refractivity contribution in [3.63, 3.8) is 0 Å². The lowest BCUT2D eigenvalue weighted by Crippen LogP contribution is -2.35. The predicted octanol–water partition coefficient (Wildman–Crippen LogP) is 7.07. The topological polar surface area (TPSA) is 87.0 Å². The zero-order valence-corrected chi connectivity index (χ0v) is 23.0. The van der Waals surface area contributed by atoms with E-state index in [0.717, 1.165) is 24.2 Å². The number of anilines is 1. The molecule has 4 aromatic rings. The number of amides is 1. The molecule has 5 rings (SSSR count). The van der Waals surface area contributed by atoms with Crippen molar-refractivity contribution < 1.29 is 23.4 Å². The third kappa shape index (κ3) is 5.98. The van der Waals surface area contributed by atoms with Crippen LogP contribution in [0.25, 0.3) is 11.0 Å². The van der Waals surface area contributed by atoms with Gasteiger partial charge in [-0.25, -0.2) is 4.79 Å². The number of methoxy groups -OCH3 is 1. The Morgan fingerprint density at radius 2 is 1.57 bits per heavy atom. The largest absolute Gasteiger partial charge is 0.497 e. The predicted molar refractivity (Wildman–Crippen MR) is 156 cm³/mol. The van der Waals surface area contributed by atoms with Gasteiger partial charge in [-0.15, -0.1) is 0 Å². The monoisotopic (exact) mass is 541 g/mol. The van der Waals surface area contributed by atoms with Crippen LogP contribution in [-0.4, -0.2) is 25.7 Å². The Morgan fingerprint density at radius 1 is 0.875 bits per heavy atom. The summed E-state index contributed by atoms with van der Waals surface area (Å²) in [5, 5.41) is 3.58. The number of unbranched alkanes of at least 4 members (excludes halogenated alkanes) is 5. The van der Waals surface area contributed by atoms with E-state index in [2.05, 4.69) is 12.2 Å². The molecule has 1 aliphatic rings. The van der Waals surface area contributed by atoms with Crippen molar-refractivity contribution >= 4 is 22.6 Å². The van der Waals surface area contributed by atoms with Gasteiger partial charge in [0.15, 0.2) is 6.10 Å². The number of benzene rings is 3. The van der Waals surface area contributed by atoms with E-state index in [9.17, 15) is 9.59 Å². The molecular formula is C33H35NO6. The van der Waals surface area contributed by atoms with Gasteiger partial charge in [-0.05, 0) is 60.5 Å². The SMILES string of the molecule is CCCCCCCCOc1ccc([C@@H]2c3c(c4ccccc4oc3=O)O[C@@H]2C(=O)Nc2ccc(OC)cc2)cc1. The van der Waals surface area contributed by atoms with Crippen LogP contribution >= 0.6 is 0 Å². The third-order valence-electron chi connectivity index (χ3n) is 7.28. The highest BCUT2D eigenvalue weighted by Crippen LogP contribution is 2.44. The minimum atomic E-state index is -0.972. The summed E-state index contributed by atoms with van der Waals surface area (Å²) in [5.41, 5.74) is 1.61. The fourth-order valence-corrected chi connectivity index (χ4v) is 5.16. The third-order valence-corrected chi connectivity index (χ3v) is 7.28. The van der Waals surface area contributed by atoms with Crippen molar-refractivity contribution in [1.82, 2.24) is 0 Å². The van der Waals surface area contributed by atoms with Gasteiger partial charge in [0.1, 0.15) is 22.8 Å². The zero-order valence-electron chi connectivity index (χ0n) is 23.0. The second-order valence-electron chi connectivity index (χ2n) is 10.0. The quantitative estimate of drug-likeness (QED) is 0.152. The van der Waals surface area contributed by atoms with Gasteiger partial charge < -0.3 is 23.9 Å². The molecule has 0 bridgehead atoms. The molecule has 0 fully saturated rings. The molecule has 7 nitrogen and oxygen atoms in total. The normalized spacial score (nSPS) is 15.8. The minimum Gasteiger partial charge on any atom is -0.497 e. The van der Waals surface area contributed by atoms with E-state index >= 15 is 0 Å². The standard InChI is InChI=1S/C33H35NO6/c1-3-4-5-6-7-10-21-38-25-17-13-22(14-18-25)28-29-30(26-11-8-9-12-27(26)39-33(29)36)40-31(28)32(35)34-23-15-19-24(37-2)20-16-23/h8-9,11-20,28,31H,3-7,10,21H2,1-2H3,(H,34,35)/t28-,31+/m1/s1. The van der Waals surface area contributed by atoms with Gasteiger partial charge >= 0.3 is 5.63 Å². The Morgan fingerprint density at radius 3 is 2.33 bits per heavy atom. The Labute approximate surface area is 234 Å². The average molecular weight is 542 g/mol. The minimum absolute atomic E-state index is 0.342. The van der Waals surface area contributed by atoms with Crippen molar-refractivity contribution in [3.8, 4) is 17.2 Å². The van der Waals surface area contributed by atoms with Crippen LogP contribution in [0.2, 0.25) is 0 Å². The fraction of sp³-hybridized carbons (Fsp3) is 0.333. The van der Waals surface area contributed by atoms with Crippen LogP contribution in [0.15, 0.2) is 82.0 Å². The van der Waals surface area contributed by atoms with Crippen LogP contribution < -0.4 is 25.2 Å². The number of ether oxygens (including phenoxy) is 3. The van der Waals surface area contributed by atoms with E-state index in [1.54, 1.807) is 43.5 Å². The maximum atomic E-state index is 13.6. The van der Waals surface area contributed by atoms with E-state index in [1.807, 2.05) is 36.4 Å². The Bertz CT molecular complexity index is 1490. The lowest BCUT2D eigenvalue weighted by Gasteiger charge is -2.19. The van der Waals surface area contributed by atoms with E-state index in [4.69, 9.17) is 18.6 Å². The van der Waals surface area contributed by atoms with Crippen LogP contribution in [0.4, 0.5) is 5.69 Å². The van der Waals surface area contributed by atoms with Gasteiger partial charge in [0.2, 0.25) is 0 Å². The van der Waals surface area contributed by atoms with E-state index in [1.165, 1.54) is 25.7 Å². The molecule has 2 atom stereocenters. The van der Waals surface area contributed by atoms with Crippen LogP contribution in [0.1, 0.15) is 62.5 Å². The smallest absolute Gasteiger partial charge is 0.344 e. The second-order valence-corrected chi connectivity index (χ2v) is 10.0. The number of carbonyl (C=O) groups is 1. The van der Waals surface area contributed by atoms with Crippen molar-refractivity contribution in [2.24, 2.45) is 0 Å². The summed E-state index contributed by atoms with van der Waals surface area (Å²) < 4.78 is 23.1. The van der Waals surface area contributed by atoms with Crippen molar-refractivity contribution in [2.45, 2.75) is 57.5 Å². The molecule has 3 aromatic carbocycles. The maximum absolute atomic E-state index is 13.6. The number of hydrogen-bond donors (Lipinski definition) is 1. The highest BCUT2D eigenvalue weighted by molar-refractivity contribution is 5.97. The molecule has 0 spiro atoms. The number of carbonyl (C=O) groups excluding carboxylic acids is 1. The van der Waals surface area contributed by atoms with Crippen molar-refractivity contribution in [1.29, 1.82) is 0 Å². The van der Waals surface area contributed by atoms with Crippen LogP contribution in [0, 0.1) is 0 Å². The second kappa shape index (κ2) is 12.7. The molecule has 0 saturated heterocycles. The first-order chi connectivity index (χ1) is 19.6. The fourth-order valence-electron chi connectivity index (χ4n) is 5.16. The average Bonchev–Trinajstić information content (AvgIpc) is 3.39. The molecule has 1 N–H and O–H groups in total. The van der Waals surface area contributed by atoms with Gasteiger partial charge in [-0.2, -0.15) is 0 Å². The van der Waals surface area contributed by atoms with Crippen molar-refractivity contribution in [3.05, 3.63) is 94.3 Å². The summed E-state index contributed by atoms with van der Waals surface area (Å²) in [5.74, 6) is 0.805. The summed E-state index contributed by atoms with van der Waals surface area (Å²) in [6.07, 6.45) is 6.22. The van der Waals surface area contributed by atoms with E-state index < -0.39 is 17.6 Å². The molecular weight excluding hydrogens is 506 g/mol. The zero-order chi connectivity index (χ0) is 27.9. The number of hydrogen-bond acceptors (Lipinski definition) is 6. The Balaban J connectivity index is 1.39. The van der Waals surface area contributed by atoms with Gasteiger partial charge in [-0.3, -0.25) is 4.79 Å². The Hall–Kier alpha value is -4.26. The molecule has 1 aromatic heterocycles. The highest BCUT2D eigenvalue weighted by Gasteiger charge is 2.44. The molecule has 0 unspecified atom stereocenters. The molecule has 1 amide bonds. The number of rotatable bonds is 12. The van der Waals surface area contributed by atoms with E-state index in [0.29, 0.717) is 40.3 Å². The molecule has 7 heteroatoms. The summed E-state index contributed by atoms with van der Waals surface area (Å²) in [6.45, 7) is 2.87. The lowest BCUT2D eigenvalue weighted by molar-refractivity contribution is -0.122. The van der Waals surface area contributed by atoms with Gasteiger partial charge in [0.25, 0.3) is 5.91 Å². The molecule has 1 aliphatic heterocycles. The first-order valence-electron chi connectivity index (χ1n) is 14.0. The molecule has 0 aliphatic carbocycles. The number of para-hydroxylation sites is 1. The summed E-state index contributed by atoms with van der Waals surface area (Å²) in [7, 11) is 1.59. The molecule has 208 valence electrons. The summed E-state index contributed by atoms with van der Waals surface area (Å²) in [6, 6.07) is 21.8. The molecule has 0 radical (unpaired) electrons. The lowest BCUT2D eigenvalue weighted by atomic mass is 9.88. The van der Waals surface area contributed by atoms with Gasteiger partial charge in [-0.1, -0.05) is 63.3 Å². The van der Waals surface area contributed by atoms with Gasteiger partial charge in [0, 0.05) is 5.69 Å². The maximum Gasteiger partial charge on any atom is 0.344 e. The molecule has 40 heavy (non-hydrogen) atoms. The number of nitrogens with one attached hydrogen (secondary N) is 1. The van der Waals surface area contributed by atoms with Crippen molar-refractivity contribution in [2.75, 3.05) is 19.0 Å². The van der Waals surface area contributed by atoms with Gasteiger partial charge in [0.05, 0.1) is 30.6 Å². The first-order valence-corrected chi connectivity index (χ1v) is 14.0. The molecule has 0 saturated carbocycles. The van der Waals surface area contributed by atoms with Crippen LogP contribution in [0.5, 0.6) is 17.2 Å². The summed E-state index contributed by atoms with van der Waals surface area (Å²) in [4.78, 5) is 26.8.